The molecule has 12 heteroatoms. The summed E-state index contributed by atoms with van der Waals surface area (Å²) in [5.74, 6) is -4.89. The van der Waals surface area contributed by atoms with Gasteiger partial charge in [-0.2, -0.15) is 0 Å². The van der Waals surface area contributed by atoms with Crippen LogP contribution in [0.4, 0.5) is 0 Å². The maximum atomic E-state index is 13.4. The lowest BCUT2D eigenvalue weighted by molar-refractivity contribution is -0.142. The zero-order valence-corrected chi connectivity index (χ0v) is 27.2. The minimum absolute atomic E-state index is 0.0280. The zero-order chi connectivity index (χ0) is 34.5. The summed E-state index contributed by atoms with van der Waals surface area (Å²) in [7, 11) is 0. The molecule has 5 amide bonds. The normalized spacial score (nSPS) is 13.6. The Kier molecular flexibility index (Phi) is 13.6. The fraction of sp³-hybridized carbons (Fsp3) is 0.400. The van der Waals surface area contributed by atoms with Gasteiger partial charge in [-0.15, -0.1) is 0 Å². The highest BCUT2D eigenvalue weighted by Crippen LogP contribution is 2.17. The Labute approximate surface area is 274 Å². The number of carbonyl (C=O) groups is 6. The number of ketones is 1. The lowest BCUT2D eigenvalue weighted by Gasteiger charge is -2.26. The van der Waals surface area contributed by atoms with Crippen molar-refractivity contribution in [1.29, 1.82) is 0 Å². The number of Topliss-reactive ketones (excluding diaryl/α,β-unsaturated/α-hetero) is 1. The fourth-order valence-corrected chi connectivity index (χ4v) is 5.03. The molecule has 2 aromatic carbocycles. The summed E-state index contributed by atoms with van der Waals surface area (Å²) < 4.78 is 0. The van der Waals surface area contributed by atoms with Crippen molar-refractivity contribution in [3.8, 4) is 0 Å². The van der Waals surface area contributed by atoms with Gasteiger partial charge in [0.2, 0.25) is 29.4 Å². The number of hydrogen-bond donors (Lipinski definition) is 5. The van der Waals surface area contributed by atoms with Crippen LogP contribution in [0.25, 0.3) is 10.8 Å². The van der Waals surface area contributed by atoms with Gasteiger partial charge in [0.15, 0.2) is 0 Å². The molecule has 250 valence electrons. The van der Waals surface area contributed by atoms with Gasteiger partial charge in [-0.25, -0.2) is 0 Å². The van der Waals surface area contributed by atoms with Crippen LogP contribution in [0, 0.1) is 11.8 Å². The number of nitrogens with one attached hydrogen (secondary N) is 4. The van der Waals surface area contributed by atoms with Gasteiger partial charge in [0.1, 0.15) is 12.1 Å². The molecule has 0 spiro atoms. The molecule has 0 saturated heterocycles. The van der Waals surface area contributed by atoms with Crippen molar-refractivity contribution in [2.24, 2.45) is 17.6 Å². The molecule has 3 aromatic rings. The number of aromatic nitrogens is 1. The van der Waals surface area contributed by atoms with E-state index < -0.39 is 65.9 Å². The quantitative estimate of drug-likeness (QED) is 0.138. The van der Waals surface area contributed by atoms with E-state index in [1.807, 2.05) is 63.2 Å². The first kappa shape index (κ1) is 36.3. The smallest absolute Gasteiger partial charge is 0.290 e. The van der Waals surface area contributed by atoms with Crippen LogP contribution in [0.1, 0.15) is 51.8 Å². The third-order valence-electron chi connectivity index (χ3n) is 7.79. The summed E-state index contributed by atoms with van der Waals surface area (Å²) in [6.07, 6.45) is 2.44. The summed E-state index contributed by atoms with van der Waals surface area (Å²) in [4.78, 5) is 81.2. The van der Waals surface area contributed by atoms with E-state index in [0.717, 1.165) is 16.3 Å². The number of primary amides is 1. The molecule has 0 bridgehead atoms. The van der Waals surface area contributed by atoms with Crippen molar-refractivity contribution in [2.75, 3.05) is 6.54 Å². The van der Waals surface area contributed by atoms with Gasteiger partial charge >= 0.3 is 0 Å². The molecule has 4 atom stereocenters. The predicted octanol–water partition coefficient (Wildman–Crippen LogP) is 1.74. The van der Waals surface area contributed by atoms with Crippen molar-refractivity contribution < 1.29 is 28.8 Å². The van der Waals surface area contributed by atoms with Crippen LogP contribution in [0.3, 0.4) is 0 Å². The Hall–Kier alpha value is -5.13. The number of nitrogens with two attached hydrogens (primary N) is 1. The largest absolute Gasteiger partial charge is 0.368 e. The number of amides is 5. The second-order valence-electron chi connectivity index (χ2n) is 12.1. The molecular weight excluding hydrogens is 600 g/mol. The second kappa shape index (κ2) is 17.5. The molecule has 0 radical (unpaired) electrons. The van der Waals surface area contributed by atoms with Crippen molar-refractivity contribution >= 4 is 46.1 Å². The molecule has 0 aliphatic heterocycles. The third kappa shape index (κ3) is 11.3. The topological polar surface area (TPSA) is 189 Å². The van der Waals surface area contributed by atoms with E-state index in [4.69, 9.17) is 5.73 Å². The highest BCUT2D eigenvalue weighted by molar-refractivity contribution is 6.38. The average Bonchev–Trinajstić information content (AvgIpc) is 3.04. The van der Waals surface area contributed by atoms with Gasteiger partial charge in [-0.3, -0.25) is 33.8 Å². The molecule has 6 N–H and O–H groups in total. The van der Waals surface area contributed by atoms with Crippen LogP contribution in [0.15, 0.2) is 66.9 Å². The van der Waals surface area contributed by atoms with Crippen molar-refractivity contribution in [3.63, 3.8) is 0 Å². The molecule has 12 nitrogen and oxygen atoms in total. The van der Waals surface area contributed by atoms with Gasteiger partial charge < -0.3 is 27.0 Å². The molecule has 0 saturated carbocycles. The number of carbonyl (C=O) groups excluding carboxylic acids is 6. The van der Waals surface area contributed by atoms with Crippen LogP contribution in [0.2, 0.25) is 0 Å². The Morgan fingerprint density at radius 1 is 0.809 bits per heavy atom. The lowest BCUT2D eigenvalue weighted by atomic mass is 9.93. The van der Waals surface area contributed by atoms with E-state index >= 15 is 0 Å². The SMILES string of the molecule is CC[C@H](C)C(NC(=O)C(CC(C)C)NC(=O)Cc1ccccn1)C(=O)C(=O)NCC(=O)NC(Cc1ccc2ccccc2c1)C(N)=O. The summed E-state index contributed by atoms with van der Waals surface area (Å²) in [5, 5.41) is 12.2. The fourth-order valence-electron chi connectivity index (χ4n) is 5.03. The Balaban J connectivity index is 1.60. The summed E-state index contributed by atoms with van der Waals surface area (Å²) in [6, 6.07) is 15.3. The number of benzene rings is 2. The maximum Gasteiger partial charge on any atom is 0.290 e. The average molecular weight is 645 g/mol. The molecule has 1 aromatic heterocycles. The van der Waals surface area contributed by atoms with E-state index in [-0.39, 0.29) is 18.8 Å². The van der Waals surface area contributed by atoms with E-state index in [1.165, 1.54) is 0 Å². The van der Waals surface area contributed by atoms with Crippen LogP contribution >= 0.6 is 0 Å². The highest BCUT2D eigenvalue weighted by atomic mass is 16.2. The maximum absolute atomic E-state index is 13.4. The van der Waals surface area contributed by atoms with Crippen LogP contribution < -0.4 is 27.0 Å². The van der Waals surface area contributed by atoms with Gasteiger partial charge in [0.05, 0.1) is 19.0 Å². The number of fused-ring (bicyclic) bond motifs is 1. The van der Waals surface area contributed by atoms with Crippen molar-refractivity contribution in [3.05, 3.63) is 78.1 Å². The molecule has 1 heterocycles. The first-order chi connectivity index (χ1) is 22.4. The molecular formula is C35H44N6O6. The minimum Gasteiger partial charge on any atom is -0.368 e. The van der Waals surface area contributed by atoms with E-state index in [2.05, 4.69) is 26.3 Å². The van der Waals surface area contributed by atoms with E-state index in [1.54, 1.807) is 31.3 Å². The molecule has 0 aliphatic carbocycles. The van der Waals surface area contributed by atoms with Gasteiger partial charge in [0.25, 0.3) is 5.91 Å². The molecule has 47 heavy (non-hydrogen) atoms. The first-order valence-corrected chi connectivity index (χ1v) is 15.8. The van der Waals surface area contributed by atoms with Crippen molar-refractivity contribution in [2.45, 2.75) is 71.5 Å². The molecule has 0 aliphatic rings. The number of rotatable bonds is 17. The Bertz CT molecular complexity index is 1580. The highest BCUT2D eigenvalue weighted by Gasteiger charge is 2.34. The van der Waals surface area contributed by atoms with Crippen molar-refractivity contribution in [1.82, 2.24) is 26.3 Å². The summed E-state index contributed by atoms with van der Waals surface area (Å²) in [6.45, 7) is 6.72. The standard InChI is InChI=1S/C35H44N6O6/c1-5-22(4)31(41-34(46)28(16-21(2)3)40-29(42)19-26-12-8-9-15-37-26)32(44)35(47)38-20-30(43)39-27(33(36)45)18-23-13-14-24-10-6-7-11-25(24)17-23/h6-15,17,21-22,27-28,31H,5,16,18-20H2,1-4H3,(H2,36,45)(H,38,47)(H,39,43)(H,40,42)(H,41,46)/t22-,27?,28?,31?/m0/s1. The van der Waals surface area contributed by atoms with E-state index in [9.17, 15) is 28.8 Å². The molecule has 0 fully saturated rings. The molecule has 3 unspecified atom stereocenters. The first-order valence-electron chi connectivity index (χ1n) is 15.8. The lowest BCUT2D eigenvalue weighted by Crippen LogP contribution is -2.57. The Morgan fingerprint density at radius 2 is 1.49 bits per heavy atom. The third-order valence-corrected chi connectivity index (χ3v) is 7.79. The van der Waals surface area contributed by atoms with E-state index in [0.29, 0.717) is 18.5 Å². The number of nitrogens with zero attached hydrogens (tertiary/aromatic N) is 1. The van der Waals surface area contributed by atoms with Gasteiger partial charge in [0, 0.05) is 18.3 Å². The van der Waals surface area contributed by atoms with Gasteiger partial charge in [-0.1, -0.05) is 82.6 Å². The second-order valence-corrected chi connectivity index (χ2v) is 12.1. The van der Waals surface area contributed by atoms with Gasteiger partial charge in [-0.05, 0) is 46.7 Å². The number of hydrogen-bond acceptors (Lipinski definition) is 7. The van der Waals surface area contributed by atoms with Crippen LogP contribution in [-0.4, -0.2) is 65.0 Å². The Morgan fingerprint density at radius 3 is 2.13 bits per heavy atom. The molecule has 3 rings (SSSR count). The minimum atomic E-state index is -1.20. The zero-order valence-electron chi connectivity index (χ0n) is 27.2. The summed E-state index contributed by atoms with van der Waals surface area (Å²) in [5.41, 5.74) is 6.86. The number of pyridine rings is 1. The monoisotopic (exact) mass is 644 g/mol. The summed E-state index contributed by atoms with van der Waals surface area (Å²) >= 11 is 0. The van der Waals surface area contributed by atoms with Crippen LogP contribution in [-0.2, 0) is 41.6 Å². The van der Waals surface area contributed by atoms with Crippen LogP contribution in [0.5, 0.6) is 0 Å². The predicted molar refractivity (Wildman–Crippen MR) is 178 cm³/mol.